The van der Waals surface area contributed by atoms with Crippen LogP contribution in [0, 0.1) is 5.92 Å². The summed E-state index contributed by atoms with van der Waals surface area (Å²) in [5, 5.41) is 10.1. The number of thiazole rings is 1. The highest BCUT2D eigenvalue weighted by Crippen LogP contribution is 2.15. The Morgan fingerprint density at radius 2 is 1.93 bits per heavy atom. The molecule has 0 aromatic carbocycles. The zero-order valence-electron chi connectivity index (χ0n) is 24.3. The minimum absolute atomic E-state index is 0.0205. The first-order valence-electron chi connectivity index (χ1n) is 14.2. The van der Waals surface area contributed by atoms with Crippen molar-refractivity contribution >= 4 is 51.9 Å². The number of rotatable bonds is 11. The summed E-state index contributed by atoms with van der Waals surface area (Å²) in [6, 6.07) is -1.02. The number of aromatic nitrogens is 1. The molecule has 1 aromatic heterocycles. The molecule has 2 rings (SSSR count). The molecule has 10 nitrogen and oxygen atoms in total. The van der Waals surface area contributed by atoms with Crippen LogP contribution in [0.15, 0.2) is 29.3 Å². The number of nitrogens with zero attached hydrogens (tertiary/aromatic N) is 1. The van der Waals surface area contributed by atoms with Gasteiger partial charge in [-0.15, -0.1) is 11.3 Å². The fraction of sp³-hybridized carbons (Fsp3) is 0.586. The summed E-state index contributed by atoms with van der Waals surface area (Å²) >= 11 is 2.49. The van der Waals surface area contributed by atoms with Crippen molar-refractivity contribution in [2.75, 3.05) is 5.75 Å². The van der Waals surface area contributed by atoms with Crippen LogP contribution in [0.4, 0.5) is 0 Å². The third kappa shape index (κ3) is 12.6. The minimum Gasteiger partial charge on any atom is -0.456 e. The van der Waals surface area contributed by atoms with Gasteiger partial charge in [-0.25, -0.2) is 9.78 Å². The van der Waals surface area contributed by atoms with E-state index in [1.54, 1.807) is 38.3 Å². The summed E-state index contributed by atoms with van der Waals surface area (Å²) in [6.07, 6.45) is 10.5. The Morgan fingerprint density at radius 3 is 2.63 bits per heavy atom. The fourth-order valence-corrected chi connectivity index (χ4v) is 5.38. The number of unbranched alkanes of at least 4 members (excludes halogenated alkanes) is 4. The van der Waals surface area contributed by atoms with Crippen molar-refractivity contribution in [3.63, 3.8) is 0 Å². The van der Waals surface area contributed by atoms with Gasteiger partial charge in [0.1, 0.15) is 28.5 Å². The average Bonchev–Trinajstić information content (AvgIpc) is 3.41. The maximum Gasteiger partial charge on any atom is 0.329 e. The molecule has 0 saturated carbocycles. The first-order chi connectivity index (χ1) is 19.6. The van der Waals surface area contributed by atoms with Crippen molar-refractivity contribution in [3.8, 4) is 0 Å². The number of carbonyl (C=O) groups is 5. The van der Waals surface area contributed by atoms with E-state index in [4.69, 9.17) is 4.74 Å². The molecule has 3 N–H and O–H groups in total. The van der Waals surface area contributed by atoms with E-state index in [-0.39, 0.29) is 41.3 Å². The van der Waals surface area contributed by atoms with Crippen LogP contribution in [0.3, 0.4) is 0 Å². The molecule has 1 aliphatic heterocycles. The van der Waals surface area contributed by atoms with E-state index in [1.165, 1.54) is 42.0 Å². The molecular weight excluding hydrogens is 564 g/mol. The van der Waals surface area contributed by atoms with E-state index in [1.807, 2.05) is 0 Å². The van der Waals surface area contributed by atoms with Crippen molar-refractivity contribution in [1.29, 1.82) is 0 Å². The number of allylic oxidation sites excluding steroid dienone is 2. The number of cyclic esters (lactones) is 1. The second-order valence-electron chi connectivity index (χ2n) is 10.0. The van der Waals surface area contributed by atoms with Crippen LogP contribution in [0.25, 0.3) is 0 Å². The van der Waals surface area contributed by atoms with E-state index in [0.29, 0.717) is 23.6 Å². The second-order valence-corrected chi connectivity index (χ2v) is 12.1. The molecule has 0 radical (unpaired) electrons. The van der Waals surface area contributed by atoms with Crippen LogP contribution in [-0.4, -0.2) is 51.7 Å². The quantitative estimate of drug-likeness (QED) is 0.145. The number of nitrogens with one attached hydrogen (secondary N) is 3. The molecule has 226 valence electrons. The van der Waals surface area contributed by atoms with E-state index < -0.39 is 29.9 Å². The van der Waals surface area contributed by atoms with Crippen LogP contribution < -0.4 is 16.0 Å². The van der Waals surface area contributed by atoms with Gasteiger partial charge in [-0.3, -0.25) is 19.2 Å². The Hall–Kier alpha value is -2.99. The van der Waals surface area contributed by atoms with Gasteiger partial charge in [0.15, 0.2) is 5.12 Å². The Labute approximate surface area is 250 Å². The number of hydrogen-bond donors (Lipinski definition) is 3. The largest absolute Gasteiger partial charge is 0.456 e. The summed E-state index contributed by atoms with van der Waals surface area (Å²) in [4.78, 5) is 67.7. The highest BCUT2D eigenvalue weighted by Gasteiger charge is 2.30. The van der Waals surface area contributed by atoms with Crippen LogP contribution >= 0.6 is 23.1 Å². The Bertz CT molecular complexity index is 1110. The number of hydrogen-bond acceptors (Lipinski definition) is 9. The molecule has 41 heavy (non-hydrogen) atoms. The maximum absolute atomic E-state index is 13.1. The Kier molecular flexibility index (Phi) is 15.4. The topological polar surface area (TPSA) is 144 Å². The minimum atomic E-state index is -1.02. The SMILES string of the molecule is CC=C1NC(=O)c2csc(n2)CNC(=O)C[C@@H](C=CCCSC(=O)CCCCCCC)OC(=O)[C@H](C(C)C)NC1=O. The van der Waals surface area contributed by atoms with Gasteiger partial charge < -0.3 is 20.7 Å². The number of esters is 1. The lowest BCUT2D eigenvalue weighted by Gasteiger charge is -2.24. The summed E-state index contributed by atoms with van der Waals surface area (Å²) in [7, 11) is 0. The predicted molar refractivity (Wildman–Crippen MR) is 161 cm³/mol. The lowest BCUT2D eigenvalue weighted by atomic mass is 10.0. The number of amides is 3. The average molecular weight is 607 g/mol. The van der Waals surface area contributed by atoms with Crippen LogP contribution in [0.5, 0.6) is 0 Å². The Balaban J connectivity index is 2.09. The van der Waals surface area contributed by atoms with Crippen LogP contribution in [-0.2, 0) is 30.5 Å². The van der Waals surface area contributed by atoms with Crippen LogP contribution in [0.2, 0.25) is 0 Å². The molecule has 2 heterocycles. The highest BCUT2D eigenvalue weighted by atomic mass is 32.2. The Morgan fingerprint density at radius 1 is 1.17 bits per heavy atom. The molecule has 0 saturated heterocycles. The lowest BCUT2D eigenvalue weighted by molar-refractivity contribution is -0.153. The molecule has 0 spiro atoms. The first kappa shape index (κ1) is 34.2. The van der Waals surface area contributed by atoms with E-state index in [2.05, 4.69) is 27.9 Å². The van der Waals surface area contributed by atoms with E-state index in [9.17, 15) is 24.0 Å². The molecule has 0 aliphatic carbocycles. The number of ether oxygens (including phenoxy) is 1. The molecular formula is C29H42N4O6S2. The van der Waals surface area contributed by atoms with Gasteiger partial charge in [0.05, 0.1) is 13.0 Å². The summed E-state index contributed by atoms with van der Waals surface area (Å²) in [5.74, 6) is -2.02. The summed E-state index contributed by atoms with van der Waals surface area (Å²) in [6.45, 7) is 7.37. The third-order valence-electron chi connectivity index (χ3n) is 6.25. The molecule has 12 heteroatoms. The van der Waals surface area contributed by atoms with Gasteiger partial charge in [0.2, 0.25) is 5.91 Å². The lowest BCUT2D eigenvalue weighted by Crippen LogP contribution is -2.48. The van der Waals surface area contributed by atoms with E-state index >= 15 is 0 Å². The van der Waals surface area contributed by atoms with Crippen molar-refractivity contribution in [2.45, 2.75) is 97.8 Å². The fourth-order valence-electron chi connectivity index (χ4n) is 3.89. The van der Waals surface area contributed by atoms with E-state index in [0.717, 1.165) is 19.3 Å². The van der Waals surface area contributed by atoms with Crippen molar-refractivity contribution < 1.29 is 28.7 Å². The second kappa shape index (κ2) is 18.4. The molecule has 1 aromatic rings. The summed E-state index contributed by atoms with van der Waals surface area (Å²) in [5.41, 5.74) is 0.0971. The molecule has 2 bridgehead atoms. The van der Waals surface area contributed by atoms with Gasteiger partial charge in [-0.2, -0.15) is 0 Å². The molecule has 3 amide bonds. The highest BCUT2D eigenvalue weighted by molar-refractivity contribution is 8.13. The first-order valence-corrected chi connectivity index (χ1v) is 16.0. The van der Waals surface area contributed by atoms with Crippen LogP contribution in [0.1, 0.15) is 94.6 Å². The van der Waals surface area contributed by atoms with Crippen molar-refractivity contribution in [2.24, 2.45) is 5.92 Å². The monoisotopic (exact) mass is 606 g/mol. The summed E-state index contributed by atoms with van der Waals surface area (Å²) < 4.78 is 5.68. The van der Waals surface area contributed by atoms with Gasteiger partial charge in [0, 0.05) is 17.6 Å². The maximum atomic E-state index is 13.1. The van der Waals surface area contributed by atoms with Gasteiger partial charge >= 0.3 is 5.97 Å². The zero-order chi connectivity index (χ0) is 30.2. The number of fused-ring (bicyclic) bond motifs is 2. The van der Waals surface area contributed by atoms with Crippen molar-refractivity contribution in [1.82, 2.24) is 20.9 Å². The van der Waals surface area contributed by atoms with Crippen molar-refractivity contribution in [3.05, 3.63) is 40.0 Å². The molecule has 0 unspecified atom stereocenters. The normalized spacial score (nSPS) is 20.2. The number of thioether (sulfide) groups is 1. The molecule has 1 aliphatic rings. The van der Waals surface area contributed by atoms with Gasteiger partial charge in [0.25, 0.3) is 11.8 Å². The molecule has 2 atom stereocenters. The smallest absolute Gasteiger partial charge is 0.329 e. The third-order valence-corrected chi connectivity index (χ3v) is 8.06. The predicted octanol–water partition coefficient (Wildman–Crippen LogP) is 4.42. The molecule has 0 fully saturated rings. The number of carbonyl (C=O) groups excluding carboxylic acids is 5. The van der Waals surface area contributed by atoms with Gasteiger partial charge in [-0.05, 0) is 31.8 Å². The standard InChI is InChI=1S/C29H42N4O6S2/c1-5-7-8-9-10-14-25(35)40-15-12-11-13-20-16-23(34)30-17-24-31-22(18-41-24)28(37)32-21(6-2)27(36)33-26(19(3)4)29(38)39-20/h6,11,13,18-20,26H,5,7-10,12,14-17H2,1-4H3,(H,30,34)(H,32,37)(H,33,36)/t20-,26+/m1/s1. The van der Waals surface area contributed by atoms with Gasteiger partial charge in [-0.1, -0.05) is 70.4 Å². The zero-order valence-corrected chi connectivity index (χ0v) is 26.0.